The van der Waals surface area contributed by atoms with E-state index in [1.165, 1.54) is 6.92 Å². The number of rotatable bonds is 4. The number of hydrogen-bond donors (Lipinski definition) is 1. The van der Waals surface area contributed by atoms with Crippen LogP contribution in [-0.2, 0) is 19.1 Å². The largest absolute Gasteiger partial charge is 0.458 e. The van der Waals surface area contributed by atoms with E-state index in [1.807, 2.05) is 0 Å². The van der Waals surface area contributed by atoms with Gasteiger partial charge in [0.2, 0.25) is 5.91 Å². The number of esters is 2. The van der Waals surface area contributed by atoms with Gasteiger partial charge in [0.1, 0.15) is 12.0 Å². The highest BCUT2D eigenvalue weighted by Crippen LogP contribution is 2.23. The fourth-order valence-electron chi connectivity index (χ4n) is 1.99. The summed E-state index contributed by atoms with van der Waals surface area (Å²) in [7, 11) is 0. The van der Waals surface area contributed by atoms with Crippen molar-refractivity contribution in [2.24, 2.45) is 5.92 Å². The molecule has 0 aromatic heterocycles. The van der Waals surface area contributed by atoms with Crippen LogP contribution in [0.4, 0.5) is 0 Å². The molecule has 0 spiro atoms. The van der Waals surface area contributed by atoms with Gasteiger partial charge in [-0.25, -0.2) is 4.79 Å². The molecule has 6 heteroatoms. The van der Waals surface area contributed by atoms with Crippen LogP contribution in [0.3, 0.4) is 0 Å². The highest BCUT2D eigenvalue weighted by molar-refractivity contribution is 5.90. The average Bonchev–Trinajstić information content (AvgIpc) is 2.38. The van der Waals surface area contributed by atoms with Crippen molar-refractivity contribution in [2.45, 2.75) is 26.2 Å². The van der Waals surface area contributed by atoms with Gasteiger partial charge in [0.05, 0.1) is 5.56 Å². The number of carbonyl (C=O) groups is 3. The highest BCUT2D eigenvalue weighted by Gasteiger charge is 2.47. The Kier molecular flexibility index (Phi) is 4.02. The Morgan fingerprint density at radius 1 is 1.25 bits per heavy atom. The third-order valence-corrected chi connectivity index (χ3v) is 3.01. The molecule has 6 nitrogen and oxygen atoms in total. The molecule has 1 aromatic rings. The van der Waals surface area contributed by atoms with Gasteiger partial charge in [0.15, 0.2) is 6.23 Å². The SMILES string of the molecule is CC(=O)O[C@@H]1NC(=O)[C@@H]1[C@@H](C)OC(=O)c1ccccc1. The van der Waals surface area contributed by atoms with E-state index in [4.69, 9.17) is 9.47 Å². The summed E-state index contributed by atoms with van der Waals surface area (Å²) in [5, 5.41) is 2.44. The topological polar surface area (TPSA) is 81.7 Å². The van der Waals surface area contributed by atoms with Gasteiger partial charge in [0.25, 0.3) is 0 Å². The van der Waals surface area contributed by atoms with Crippen LogP contribution in [0.2, 0.25) is 0 Å². The van der Waals surface area contributed by atoms with Crippen LogP contribution in [-0.4, -0.2) is 30.2 Å². The summed E-state index contributed by atoms with van der Waals surface area (Å²) in [6.07, 6.45) is -1.42. The fourth-order valence-corrected chi connectivity index (χ4v) is 1.99. The van der Waals surface area contributed by atoms with Gasteiger partial charge in [-0.2, -0.15) is 0 Å². The molecule has 1 fully saturated rings. The van der Waals surface area contributed by atoms with Gasteiger partial charge in [-0.15, -0.1) is 0 Å². The number of β-lactam (4-membered cyclic amide) rings is 1. The van der Waals surface area contributed by atoms with E-state index in [0.717, 1.165) is 0 Å². The van der Waals surface area contributed by atoms with Crippen molar-refractivity contribution >= 4 is 17.8 Å². The summed E-state index contributed by atoms with van der Waals surface area (Å²) in [5.74, 6) is -1.99. The average molecular weight is 277 g/mol. The lowest BCUT2D eigenvalue weighted by atomic mass is 9.93. The summed E-state index contributed by atoms with van der Waals surface area (Å²) in [5.41, 5.74) is 0.406. The second-order valence-corrected chi connectivity index (χ2v) is 4.54. The molecule has 0 aliphatic carbocycles. The maximum Gasteiger partial charge on any atom is 0.338 e. The molecule has 1 aliphatic heterocycles. The first kappa shape index (κ1) is 14.0. The zero-order valence-corrected chi connectivity index (χ0v) is 11.2. The molecule has 0 bridgehead atoms. The number of nitrogens with one attached hydrogen (secondary N) is 1. The Balaban J connectivity index is 1.97. The van der Waals surface area contributed by atoms with Crippen molar-refractivity contribution in [3.05, 3.63) is 35.9 Å². The van der Waals surface area contributed by atoms with E-state index in [-0.39, 0.29) is 5.91 Å². The Hall–Kier alpha value is -2.37. The molecule has 20 heavy (non-hydrogen) atoms. The first-order chi connectivity index (χ1) is 9.49. The minimum absolute atomic E-state index is 0.301. The lowest BCUT2D eigenvalue weighted by Gasteiger charge is -2.38. The summed E-state index contributed by atoms with van der Waals surface area (Å²) in [6.45, 7) is 2.85. The van der Waals surface area contributed by atoms with Crippen molar-refractivity contribution in [3.8, 4) is 0 Å². The lowest BCUT2D eigenvalue weighted by Crippen LogP contribution is -2.63. The van der Waals surface area contributed by atoms with E-state index in [0.29, 0.717) is 5.56 Å². The van der Waals surface area contributed by atoms with Crippen molar-refractivity contribution in [1.29, 1.82) is 0 Å². The smallest absolute Gasteiger partial charge is 0.338 e. The quantitative estimate of drug-likeness (QED) is 0.652. The van der Waals surface area contributed by atoms with Gasteiger partial charge in [-0.1, -0.05) is 18.2 Å². The maximum absolute atomic E-state index is 11.9. The third-order valence-electron chi connectivity index (χ3n) is 3.01. The second kappa shape index (κ2) is 5.73. The molecule has 1 amide bonds. The number of amides is 1. The summed E-state index contributed by atoms with van der Waals surface area (Å²) in [4.78, 5) is 34.2. The minimum Gasteiger partial charge on any atom is -0.458 e. The number of hydrogen-bond acceptors (Lipinski definition) is 5. The van der Waals surface area contributed by atoms with Crippen LogP contribution < -0.4 is 5.32 Å². The molecule has 1 aliphatic rings. The number of carbonyl (C=O) groups excluding carboxylic acids is 3. The van der Waals surface area contributed by atoms with E-state index in [9.17, 15) is 14.4 Å². The predicted octanol–water partition coefficient (Wildman–Crippen LogP) is 0.867. The predicted molar refractivity (Wildman–Crippen MR) is 68.5 cm³/mol. The van der Waals surface area contributed by atoms with Crippen molar-refractivity contribution in [2.75, 3.05) is 0 Å². The normalized spacial score (nSPS) is 22.2. The molecule has 0 unspecified atom stereocenters. The van der Waals surface area contributed by atoms with Crippen LogP contribution in [0.25, 0.3) is 0 Å². The molecule has 1 N–H and O–H groups in total. The molecule has 0 radical (unpaired) electrons. The fraction of sp³-hybridized carbons (Fsp3) is 0.357. The standard InChI is InChI=1S/C14H15NO5/c1-8(11-12(17)15-13(11)20-9(2)16)19-14(18)10-6-4-3-5-7-10/h3-8,11,13H,1-2H3,(H,15,17)/t8-,11+,13+/m1/s1. The van der Waals surface area contributed by atoms with Gasteiger partial charge in [-0.3, -0.25) is 9.59 Å². The number of ether oxygens (including phenoxy) is 2. The molecule has 106 valence electrons. The summed E-state index contributed by atoms with van der Waals surface area (Å²) < 4.78 is 10.1. The highest BCUT2D eigenvalue weighted by atomic mass is 16.6. The van der Waals surface area contributed by atoms with Gasteiger partial charge >= 0.3 is 11.9 Å². The van der Waals surface area contributed by atoms with Crippen LogP contribution in [0.15, 0.2) is 30.3 Å². The van der Waals surface area contributed by atoms with Crippen LogP contribution in [0.5, 0.6) is 0 Å². The van der Waals surface area contributed by atoms with Gasteiger partial charge < -0.3 is 14.8 Å². The Morgan fingerprint density at radius 3 is 2.45 bits per heavy atom. The molecule has 1 aromatic carbocycles. The van der Waals surface area contributed by atoms with Crippen molar-refractivity contribution in [1.82, 2.24) is 5.32 Å². The Morgan fingerprint density at radius 2 is 1.90 bits per heavy atom. The first-order valence-electron chi connectivity index (χ1n) is 6.22. The number of benzene rings is 1. The zero-order valence-electron chi connectivity index (χ0n) is 11.2. The van der Waals surface area contributed by atoms with E-state index in [1.54, 1.807) is 37.3 Å². The maximum atomic E-state index is 11.9. The van der Waals surface area contributed by atoms with Crippen molar-refractivity contribution in [3.63, 3.8) is 0 Å². The summed E-state index contributed by atoms with van der Waals surface area (Å²) >= 11 is 0. The molecule has 1 saturated heterocycles. The van der Waals surface area contributed by atoms with E-state index >= 15 is 0 Å². The van der Waals surface area contributed by atoms with Crippen molar-refractivity contribution < 1.29 is 23.9 Å². The lowest BCUT2D eigenvalue weighted by molar-refractivity contribution is -0.173. The van der Waals surface area contributed by atoms with Gasteiger partial charge in [0, 0.05) is 6.92 Å². The van der Waals surface area contributed by atoms with Crippen LogP contribution in [0.1, 0.15) is 24.2 Å². The minimum atomic E-state index is -0.737. The molecule has 1 heterocycles. The van der Waals surface area contributed by atoms with E-state index in [2.05, 4.69) is 5.32 Å². The third kappa shape index (κ3) is 2.96. The van der Waals surface area contributed by atoms with E-state index < -0.39 is 30.2 Å². The second-order valence-electron chi connectivity index (χ2n) is 4.54. The monoisotopic (exact) mass is 277 g/mol. The van der Waals surface area contributed by atoms with Crippen LogP contribution in [0, 0.1) is 5.92 Å². The molecular formula is C14H15NO5. The van der Waals surface area contributed by atoms with Crippen LogP contribution >= 0.6 is 0 Å². The molecule has 2 rings (SSSR count). The Labute approximate surface area is 116 Å². The summed E-state index contributed by atoms with van der Waals surface area (Å²) in [6, 6.07) is 8.48. The molecular weight excluding hydrogens is 262 g/mol. The van der Waals surface area contributed by atoms with Gasteiger partial charge in [-0.05, 0) is 19.1 Å². The molecule has 0 saturated carbocycles. The Bertz CT molecular complexity index is 528. The molecule has 3 atom stereocenters. The zero-order chi connectivity index (χ0) is 14.7. The first-order valence-corrected chi connectivity index (χ1v) is 6.22.